The van der Waals surface area contributed by atoms with Gasteiger partial charge in [-0.3, -0.25) is 9.59 Å². The van der Waals surface area contributed by atoms with E-state index in [4.69, 9.17) is 5.11 Å². The van der Waals surface area contributed by atoms with E-state index in [-0.39, 0.29) is 30.8 Å². The lowest BCUT2D eigenvalue weighted by Gasteiger charge is -2.37. The van der Waals surface area contributed by atoms with E-state index in [9.17, 15) is 9.59 Å². The van der Waals surface area contributed by atoms with E-state index in [0.717, 1.165) is 17.7 Å². The number of nitrogens with one attached hydrogen (secondary N) is 2. The van der Waals surface area contributed by atoms with Crippen molar-refractivity contribution in [2.75, 3.05) is 11.9 Å². The molecule has 1 aliphatic carbocycles. The van der Waals surface area contributed by atoms with Crippen LogP contribution in [0.5, 0.6) is 0 Å². The van der Waals surface area contributed by atoms with Crippen LogP contribution >= 0.6 is 0 Å². The number of carbonyl (C=O) groups is 2. The first kappa shape index (κ1) is 18.3. The maximum atomic E-state index is 12.4. The largest absolute Gasteiger partial charge is 0.481 e. The van der Waals surface area contributed by atoms with E-state index >= 15 is 0 Å². The Morgan fingerprint density at radius 3 is 2.86 bits per heavy atom. The first-order valence-corrected chi connectivity index (χ1v) is 9.66. The Hall–Kier alpha value is -3.08. The number of benzene rings is 2. The van der Waals surface area contributed by atoms with Crippen molar-refractivity contribution in [2.24, 2.45) is 5.92 Å². The second kappa shape index (κ2) is 7.50. The van der Waals surface area contributed by atoms with Crippen LogP contribution < -0.4 is 10.6 Å². The number of carbonyl (C=O) groups excluding carboxylic acids is 1. The summed E-state index contributed by atoms with van der Waals surface area (Å²) in [6, 6.07) is 14.6. The van der Waals surface area contributed by atoms with E-state index in [2.05, 4.69) is 54.0 Å². The van der Waals surface area contributed by atoms with Crippen LogP contribution in [0.25, 0.3) is 0 Å². The van der Waals surface area contributed by atoms with E-state index in [0.29, 0.717) is 11.5 Å². The van der Waals surface area contributed by atoms with Crippen LogP contribution in [0.4, 0.5) is 5.69 Å². The molecule has 2 aromatic carbocycles. The average molecular weight is 376 g/mol. The summed E-state index contributed by atoms with van der Waals surface area (Å²) in [6.07, 6.45) is 5.41. The van der Waals surface area contributed by atoms with Crippen LogP contribution in [-0.4, -0.2) is 23.5 Å². The molecule has 28 heavy (non-hydrogen) atoms. The molecule has 2 aromatic rings. The zero-order valence-corrected chi connectivity index (χ0v) is 15.8. The van der Waals surface area contributed by atoms with Crippen molar-refractivity contribution in [3.63, 3.8) is 0 Å². The fourth-order valence-electron chi connectivity index (χ4n) is 4.31. The predicted octanol–water partition coefficient (Wildman–Crippen LogP) is 4.03. The van der Waals surface area contributed by atoms with Crippen molar-refractivity contribution in [3.8, 4) is 0 Å². The van der Waals surface area contributed by atoms with Crippen LogP contribution in [0.2, 0.25) is 0 Å². The summed E-state index contributed by atoms with van der Waals surface area (Å²) in [4.78, 5) is 23.0. The van der Waals surface area contributed by atoms with Crippen LogP contribution in [0.15, 0.2) is 54.6 Å². The minimum Gasteiger partial charge on any atom is -0.481 e. The molecule has 0 radical (unpaired) electrons. The van der Waals surface area contributed by atoms with Crippen molar-refractivity contribution in [1.82, 2.24) is 5.32 Å². The van der Waals surface area contributed by atoms with E-state index < -0.39 is 5.97 Å². The summed E-state index contributed by atoms with van der Waals surface area (Å²) in [5.41, 5.74) is 5.30. The topological polar surface area (TPSA) is 78.4 Å². The highest BCUT2D eigenvalue weighted by Gasteiger charge is 2.38. The Morgan fingerprint density at radius 1 is 1.21 bits per heavy atom. The normalized spacial score (nSPS) is 22.1. The molecular weight excluding hydrogens is 352 g/mol. The first-order chi connectivity index (χ1) is 13.5. The molecule has 1 aliphatic heterocycles. The lowest BCUT2D eigenvalue weighted by Crippen LogP contribution is -2.30. The number of anilines is 1. The van der Waals surface area contributed by atoms with Crippen LogP contribution in [0.3, 0.4) is 0 Å². The highest BCUT2D eigenvalue weighted by Crippen LogP contribution is 2.49. The first-order valence-electron chi connectivity index (χ1n) is 9.66. The standard InChI is InChI=1S/C23H24N2O3/c1-14-4-2-5-15(12-14)22-18-7-3-6-17(18)19-13-16(8-9-20(19)25-22)23(28)24-11-10-21(26)27/h2-6,8-9,12-13,17-18,22,25H,7,10-11H2,1H3,(H,24,28)(H,26,27)/t17-,18+,22+/m0/s1. The van der Waals surface area contributed by atoms with Gasteiger partial charge in [-0.1, -0.05) is 42.0 Å². The number of allylic oxidation sites excluding steroid dienone is 2. The summed E-state index contributed by atoms with van der Waals surface area (Å²) in [5.74, 6) is -0.465. The minimum atomic E-state index is -0.920. The molecule has 5 heteroatoms. The van der Waals surface area contributed by atoms with Gasteiger partial charge in [-0.2, -0.15) is 0 Å². The van der Waals surface area contributed by atoms with E-state index in [1.165, 1.54) is 11.1 Å². The summed E-state index contributed by atoms with van der Waals surface area (Å²) in [7, 11) is 0. The number of fused-ring (bicyclic) bond motifs is 3. The van der Waals surface area contributed by atoms with Gasteiger partial charge >= 0.3 is 5.97 Å². The molecule has 0 saturated heterocycles. The summed E-state index contributed by atoms with van der Waals surface area (Å²) >= 11 is 0. The van der Waals surface area contributed by atoms with Crippen molar-refractivity contribution < 1.29 is 14.7 Å². The van der Waals surface area contributed by atoms with Gasteiger partial charge < -0.3 is 15.7 Å². The molecule has 3 N–H and O–H groups in total. The number of rotatable bonds is 5. The molecule has 1 heterocycles. The van der Waals surface area contributed by atoms with Crippen LogP contribution in [0.1, 0.15) is 51.8 Å². The van der Waals surface area contributed by atoms with Gasteiger partial charge in [0.05, 0.1) is 12.5 Å². The molecule has 0 fully saturated rings. The Kier molecular flexibility index (Phi) is 4.90. The van der Waals surface area contributed by atoms with Gasteiger partial charge in [0.1, 0.15) is 0 Å². The van der Waals surface area contributed by atoms with Crippen molar-refractivity contribution in [2.45, 2.75) is 31.7 Å². The molecule has 0 spiro atoms. The van der Waals surface area contributed by atoms with Gasteiger partial charge in [0.15, 0.2) is 0 Å². The van der Waals surface area contributed by atoms with Crippen molar-refractivity contribution in [3.05, 3.63) is 76.9 Å². The van der Waals surface area contributed by atoms with Gasteiger partial charge in [0.25, 0.3) is 5.91 Å². The zero-order chi connectivity index (χ0) is 19.7. The Balaban J connectivity index is 1.60. The van der Waals surface area contributed by atoms with Crippen molar-refractivity contribution in [1.29, 1.82) is 0 Å². The van der Waals surface area contributed by atoms with E-state index in [1.807, 2.05) is 12.1 Å². The number of carboxylic acids is 1. The third-order valence-electron chi connectivity index (χ3n) is 5.65. The maximum absolute atomic E-state index is 12.4. The van der Waals surface area contributed by atoms with Crippen LogP contribution in [0, 0.1) is 12.8 Å². The molecule has 0 bridgehead atoms. The number of hydrogen-bond acceptors (Lipinski definition) is 3. The van der Waals surface area contributed by atoms with E-state index in [1.54, 1.807) is 6.07 Å². The number of carboxylic acid groups (broad SMARTS) is 1. The molecule has 2 aliphatic rings. The molecule has 0 unspecified atom stereocenters. The van der Waals surface area contributed by atoms with Gasteiger partial charge in [-0.15, -0.1) is 0 Å². The third-order valence-corrected chi connectivity index (χ3v) is 5.65. The maximum Gasteiger partial charge on any atom is 0.305 e. The van der Waals surface area contributed by atoms with Gasteiger partial charge in [-0.25, -0.2) is 0 Å². The second-order valence-corrected chi connectivity index (χ2v) is 7.59. The summed E-state index contributed by atoms with van der Waals surface area (Å²) in [5, 5.41) is 15.1. The number of hydrogen-bond donors (Lipinski definition) is 3. The molecule has 0 aromatic heterocycles. The molecule has 5 nitrogen and oxygen atoms in total. The highest BCUT2D eigenvalue weighted by molar-refractivity contribution is 5.95. The van der Waals surface area contributed by atoms with Gasteiger partial charge in [0, 0.05) is 23.7 Å². The molecule has 3 atom stereocenters. The number of amides is 1. The Bertz CT molecular complexity index is 951. The Labute approximate surface area is 164 Å². The SMILES string of the molecule is Cc1cccc([C@H]2Nc3ccc(C(=O)NCCC(=O)O)cc3[C@H]3C=CC[C@H]32)c1. The number of aryl methyl sites for hydroxylation is 1. The lowest BCUT2D eigenvalue weighted by atomic mass is 9.76. The average Bonchev–Trinajstić information content (AvgIpc) is 3.16. The Morgan fingerprint density at radius 2 is 2.07 bits per heavy atom. The molecule has 4 rings (SSSR count). The van der Waals surface area contributed by atoms with Crippen molar-refractivity contribution >= 4 is 17.6 Å². The predicted molar refractivity (Wildman–Crippen MR) is 109 cm³/mol. The monoisotopic (exact) mass is 376 g/mol. The minimum absolute atomic E-state index is 0.0795. The lowest BCUT2D eigenvalue weighted by molar-refractivity contribution is -0.136. The number of aliphatic carboxylic acids is 1. The van der Waals surface area contributed by atoms with Crippen LogP contribution in [-0.2, 0) is 4.79 Å². The second-order valence-electron chi connectivity index (χ2n) is 7.59. The fraction of sp³-hybridized carbons (Fsp3) is 0.304. The molecular formula is C23H24N2O3. The molecule has 144 valence electrons. The smallest absolute Gasteiger partial charge is 0.305 e. The summed E-state index contributed by atoms with van der Waals surface area (Å²) in [6.45, 7) is 2.24. The fourth-order valence-corrected chi connectivity index (χ4v) is 4.31. The molecule has 1 amide bonds. The van der Waals surface area contributed by atoms with Gasteiger partial charge in [0.2, 0.25) is 0 Å². The summed E-state index contributed by atoms with van der Waals surface area (Å²) < 4.78 is 0. The van der Waals surface area contributed by atoms with Gasteiger partial charge in [-0.05, 0) is 48.6 Å². The third kappa shape index (κ3) is 3.52. The zero-order valence-electron chi connectivity index (χ0n) is 15.8. The molecule has 0 saturated carbocycles. The highest BCUT2D eigenvalue weighted by atomic mass is 16.4. The quantitative estimate of drug-likeness (QED) is 0.689.